The van der Waals surface area contributed by atoms with Crippen LogP contribution in [0.15, 0.2) is 72.8 Å². The Balaban J connectivity index is 1.29. The third kappa shape index (κ3) is 7.84. The average molecular weight is 601 g/mol. The molecule has 44 heavy (non-hydrogen) atoms. The molecule has 0 aliphatic carbocycles. The Kier molecular flexibility index (Phi) is 10.1. The van der Waals surface area contributed by atoms with E-state index in [2.05, 4.69) is 124 Å². The van der Waals surface area contributed by atoms with Gasteiger partial charge in [-0.2, -0.15) is 0 Å². The van der Waals surface area contributed by atoms with Crippen molar-refractivity contribution >= 4 is 11.4 Å². The Morgan fingerprint density at radius 2 is 0.886 bits per heavy atom. The average Bonchev–Trinajstić information content (AvgIpc) is 3.98. The molecule has 238 valence electrons. The highest BCUT2D eigenvalue weighted by molar-refractivity contribution is 5.53. The topological polar surface area (TPSA) is 50.0 Å². The normalized spacial score (nSPS) is 19.4. The molecule has 2 fully saturated rings. The predicted octanol–water partition coefficient (Wildman–Crippen LogP) is 6.82. The van der Waals surface area contributed by atoms with Crippen molar-refractivity contribution in [3.63, 3.8) is 0 Å². The van der Waals surface area contributed by atoms with E-state index >= 15 is 0 Å². The third-order valence-corrected chi connectivity index (χ3v) is 9.65. The van der Waals surface area contributed by atoms with Crippen LogP contribution in [0, 0.1) is 0 Å². The van der Waals surface area contributed by atoms with E-state index in [0.29, 0.717) is 12.2 Å². The van der Waals surface area contributed by atoms with Crippen LogP contribution in [0.25, 0.3) is 0 Å². The van der Waals surface area contributed by atoms with Crippen molar-refractivity contribution in [2.24, 2.45) is 0 Å². The third-order valence-electron chi connectivity index (χ3n) is 9.65. The second-order valence-corrected chi connectivity index (χ2v) is 13.7. The van der Waals surface area contributed by atoms with Crippen molar-refractivity contribution in [3.05, 3.63) is 95.1 Å². The van der Waals surface area contributed by atoms with Crippen molar-refractivity contribution in [2.75, 3.05) is 63.4 Å². The first-order chi connectivity index (χ1) is 21.0. The first-order valence-corrected chi connectivity index (χ1v) is 16.1. The Labute approximate surface area is 265 Å². The molecule has 4 unspecified atom stereocenters. The zero-order chi connectivity index (χ0) is 31.5. The van der Waals surface area contributed by atoms with E-state index < -0.39 is 0 Å². The number of anilines is 2. The lowest BCUT2D eigenvalue weighted by Gasteiger charge is -2.32. The molecule has 2 heterocycles. The van der Waals surface area contributed by atoms with Crippen LogP contribution in [0.4, 0.5) is 11.4 Å². The number of benzene rings is 3. The molecule has 0 radical (unpaired) electrons. The molecule has 0 saturated carbocycles. The highest BCUT2D eigenvalue weighted by Gasteiger charge is 2.32. The number of hydrogen-bond acceptors (Lipinski definition) is 6. The minimum Gasteiger partial charge on any atom is -0.380 e. The Hall–Kier alpha value is -2.90. The maximum atomic E-state index is 5.57. The lowest BCUT2D eigenvalue weighted by atomic mass is 9.74. The fourth-order valence-corrected chi connectivity index (χ4v) is 5.99. The Morgan fingerprint density at radius 3 is 1.18 bits per heavy atom. The summed E-state index contributed by atoms with van der Waals surface area (Å²) in [6.45, 7) is 18.7. The van der Waals surface area contributed by atoms with Crippen LogP contribution in [0.2, 0.25) is 0 Å². The second kappa shape index (κ2) is 13.6. The summed E-state index contributed by atoms with van der Waals surface area (Å²) in [7, 11) is 3.53. The lowest BCUT2D eigenvalue weighted by molar-refractivity contribution is 0.106. The van der Waals surface area contributed by atoms with E-state index in [4.69, 9.17) is 18.9 Å². The van der Waals surface area contributed by atoms with E-state index in [1.807, 2.05) is 0 Å². The van der Waals surface area contributed by atoms with Gasteiger partial charge in [0, 0.05) is 62.6 Å². The molecule has 3 aromatic rings. The van der Waals surface area contributed by atoms with Gasteiger partial charge in [0.05, 0.1) is 37.6 Å². The minimum atomic E-state index is -0.132. The maximum Gasteiger partial charge on any atom is 0.0984 e. The monoisotopic (exact) mass is 600 g/mol. The summed E-state index contributed by atoms with van der Waals surface area (Å²) in [6, 6.07) is 27.3. The summed E-state index contributed by atoms with van der Waals surface area (Å²) < 4.78 is 22.2. The zero-order valence-electron chi connectivity index (χ0n) is 28.0. The first kappa shape index (κ1) is 32.5. The summed E-state index contributed by atoms with van der Waals surface area (Å²) in [5.74, 6) is 0. The Morgan fingerprint density at radius 1 is 0.591 bits per heavy atom. The van der Waals surface area contributed by atoms with Gasteiger partial charge in [0.25, 0.3) is 0 Å². The standard InChI is InChI=1S/C38H52N2O4/c1-27(41-7)21-39(22-28(2)42-8)33-17-13-31(14-18-33)37(3,4)29-9-11-30(12-10-29)38(5,6)32-15-19-34(20-16-32)40(23-35-25-43-35)24-36-26-44-36/h9-20,27-28,35-36H,21-26H2,1-8H3. The molecule has 2 saturated heterocycles. The van der Waals surface area contributed by atoms with E-state index in [9.17, 15) is 0 Å². The quantitative estimate of drug-likeness (QED) is 0.168. The number of rotatable bonds is 16. The molecule has 0 spiro atoms. The molecular formula is C38H52N2O4. The fourth-order valence-electron chi connectivity index (χ4n) is 5.99. The number of epoxide rings is 2. The van der Waals surface area contributed by atoms with Crippen molar-refractivity contribution in [2.45, 2.75) is 76.8 Å². The van der Waals surface area contributed by atoms with Crippen LogP contribution < -0.4 is 9.80 Å². The molecule has 5 rings (SSSR count). The largest absolute Gasteiger partial charge is 0.380 e. The van der Waals surface area contributed by atoms with E-state index in [0.717, 1.165) is 39.4 Å². The molecule has 6 heteroatoms. The summed E-state index contributed by atoms with van der Waals surface area (Å²) in [4.78, 5) is 4.76. The van der Waals surface area contributed by atoms with Gasteiger partial charge in [0.1, 0.15) is 0 Å². The summed E-state index contributed by atoms with van der Waals surface area (Å²) in [6.07, 6.45) is 0.982. The van der Waals surface area contributed by atoms with Crippen LogP contribution in [0.5, 0.6) is 0 Å². The van der Waals surface area contributed by atoms with Crippen LogP contribution in [-0.4, -0.2) is 78.0 Å². The highest BCUT2D eigenvalue weighted by Crippen LogP contribution is 2.37. The molecule has 4 atom stereocenters. The Bertz CT molecular complexity index is 1300. The maximum absolute atomic E-state index is 5.57. The first-order valence-electron chi connectivity index (χ1n) is 16.1. The van der Waals surface area contributed by atoms with Crippen molar-refractivity contribution < 1.29 is 18.9 Å². The van der Waals surface area contributed by atoms with Crippen molar-refractivity contribution in [1.82, 2.24) is 0 Å². The summed E-state index contributed by atoms with van der Waals surface area (Å²) in [5, 5.41) is 0. The fraction of sp³-hybridized carbons (Fsp3) is 0.526. The summed E-state index contributed by atoms with van der Waals surface area (Å²) in [5.41, 5.74) is 7.39. The lowest BCUT2D eigenvalue weighted by Crippen LogP contribution is -2.37. The molecule has 0 N–H and O–H groups in total. The van der Waals surface area contributed by atoms with Gasteiger partial charge >= 0.3 is 0 Å². The van der Waals surface area contributed by atoms with Gasteiger partial charge in [0.15, 0.2) is 0 Å². The molecule has 3 aromatic carbocycles. The van der Waals surface area contributed by atoms with Gasteiger partial charge in [-0.25, -0.2) is 0 Å². The molecule has 2 aliphatic rings. The van der Waals surface area contributed by atoms with Crippen molar-refractivity contribution in [1.29, 1.82) is 0 Å². The van der Waals surface area contributed by atoms with Gasteiger partial charge in [0.2, 0.25) is 0 Å². The SMILES string of the molecule is COC(C)CN(CC(C)OC)c1ccc(C(C)(C)c2ccc(C(C)(C)c3ccc(N(CC4CO4)CC4CO4)cc3)cc2)cc1. The number of hydrogen-bond donors (Lipinski definition) is 0. The molecule has 2 aliphatic heterocycles. The van der Waals surface area contributed by atoms with Gasteiger partial charge in [-0.05, 0) is 60.4 Å². The van der Waals surface area contributed by atoms with Gasteiger partial charge in [-0.3, -0.25) is 0 Å². The van der Waals surface area contributed by atoms with Crippen molar-refractivity contribution in [3.8, 4) is 0 Å². The van der Waals surface area contributed by atoms with Crippen LogP contribution in [0.3, 0.4) is 0 Å². The second-order valence-electron chi connectivity index (χ2n) is 13.7. The molecule has 0 aromatic heterocycles. The van der Waals surface area contributed by atoms with Gasteiger partial charge in [-0.15, -0.1) is 0 Å². The predicted molar refractivity (Wildman–Crippen MR) is 180 cm³/mol. The van der Waals surface area contributed by atoms with Crippen LogP contribution >= 0.6 is 0 Å². The molecule has 0 amide bonds. The van der Waals surface area contributed by atoms with E-state index in [1.165, 1.54) is 33.6 Å². The number of methoxy groups -OCH3 is 2. The van der Waals surface area contributed by atoms with Crippen LogP contribution in [0.1, 0.15) is 63.8 Å². The van der Waals surface area contributed by atoms with E-state index in [-0.39, 0.29) is 23.0 Å². The zero-order valence-corrected chi connectivity index (χ0v) is 28.0. The smallest absolute Gasteiger partial charge is 0.0984 e. The molecular weight excluding hydrogens is 548 g/mol. The number of ether oxygens (including phenoxy) is 4. The van der Waals surface area contributed by atoms with E-state index in [1.54, 1.807) is 14.2 Å². The van der Waals surface area contributed by atoms with Gasteiger partial charge in [-0.1, -0.05) is 76.2 Å². The minimum absolute atomic E-state index is 0.116. The highest BCUT2D eigenvalue weighted by atomic mass is 16.6. The molecule has 0 bridgehead atoms. The van der Waals surface area contributed by atoms with Gasteiger partial charge < -0.3 is 28.7 Å². The molecule has 6 nitrogen and oxygen atoms in total. The number of nitrogens with zero attached hydrogens (tertiary/aromatic N) is 2. The summed E-state index contributed by atoms with van der Waals surface area (Å²) >= 11 is 0. The van der Waals surface area contributed by atoms with Crippen LogP contribution in [-0.2, 0) is 29.8 Å².